The molecule has 0 bridgehead atoms. The second-order valence-electron chi connectivity index (χ2n) is 4.41. The van der Waals surface area contributed by atoms with E-state index in [1.54, 1.807) is 10.4 Å². The summed E-state index contributed by atoms with van der Waals surface area (Å²) in [4.78, 5) is 1.59. The molecule has 15 heavy (non-hydrogen) atoms. The molecule has 1 aliphatic carbocycles. The van der Waals surface area contributed by atoms with Crippen molar-refractivity contribution in [1.82, 2.24) is 5.32 Å². The van der Waals surface area contributed by atoms with Gasteiger partial charge in [0.15, 0.2) is 0 Å². The van der Waals surface area contributed by atoms with Crippen LogP contribution in [0.5, 0.6) is 0 Å². The zero-order valence-electron chi connectivity index (χ0n) is 9.25. The zero-order valence-corrected chi connectivity index (χ0v) is 10.1. The summed E-state index contributed by atoms with van der Waals surface area (Å²) < 4.78 is 0. The van der Waals surface area contributed by atoms with E-state index in [0.717, 1.165) is 12.5 Å². The maximum Gasteiger partial charge on any atom is 0.0556 e. The third kappa shape index (κ3) is 2.60. The molecule has 2 nitrogen and oxygen atoms in total. The van der Waals surface area contributed by atoms with Gasteiger partial charge in [0.25, 0.3) is 0 Å². The Morgan fingerprint density at radius 1 is 1.60 bits per heavy atom. The second kappa shape index (κ2) is 5.10. The smallest absolute Gasteiger partial charge is 0.0556 e. The van der Waals surface area contributed by atoms with Gasteiger partial charge in [0.2, 0.25) is 0 Å². The molecule has 1 aliphatic rings. The zero-order chi connectivity index (χ0) is 10.7. The number of nitrogens with one attached hydrogen (secondary N) is 1. The average molecular weight is 225 g/mol. The monoisotopic (exact) mass is 225 g/mol. The van der Waals surface area contributed by atoms with E-state index in [0.29, 0.717) is 6.54 Å². The minimum atomic E-state index is 0.225. The minimum absolute atomic E-state index is 0.225. The maximum absolute atomic E-state index is 8.72. The predicted octanol–water partition coefficient (Wildman–Crippen LogP) is 1.95. The summed E-state index contributed by atoms with van der Waals surface area (Å²) in [5, 5.41) is 14.3. The molecule has 2 rings (SSSR count). The lowest BCUT2D eigenvalue weighted by atomic mass is 9.88. The summed E-state index contributed by atoms with van der Waals surface area (Å²) in [6.07, 6.45) is 3.85. The molecule has 84 valence electrons. The molecule has 0 radical (unpaired) electrons. The molecule has 3 heteroatoms. The second-order valence-corrected chi connectivity index (χ2v) is 5.38. The quantitative estimate of drug-likeness (QED) is 0.768. The lowest BCUT2D eigenvalue weighted by Gasteiger charge is -2.19. The molecule has 0 fully saturated rings. The topological polar surface area (TPSA) is 32.3 Å². The fraction of sp³-hybridized carbons (Fsp3) is 0.667. The van der Waals surface area contributed by atoms with Crippen LogP contribution in [0.25, 0.3) is 0 Å². The van der Waals surface area contributed by atoms with Gasteiger partial charge in [-0.1, -0.05) is 6.92 Å². The predicted molar refractivity (Wildman–Crippen MR) is 64.3 cm³/mol. The van der Waals surface area contributed by atoms with Crippen molar-refractivity contribution in [1.29, 1.82) is 0 Å². The first-order valence-corrected chi connectivity index (χ1v) is 6.59. The first-order valence-electron chi connectivity index (χ1n) is 5.71. The molecule has 1 aromatic rings. The van der Waals surface area contributed by atoms with Crippen molar-refractivity contribution in [3.8, 4) is 0 Å². The van der Waals surface area contributed by atoms with Crippen LogP contribution in [0.2, 0.25) is 0 Å². The molecule has 0 spiro atoms. The Kier molecular flexibility index (Phi) is 3.78. The Labute approximate surface area is 95.3 Å². The van der Waals surface area contributed by atoms with E-state index >= 15 is 0 Å². The van der Waals surface area contributed by atoms with Gasteiger partial charge in [0.1, 0.15) is 0 Å². The molecule has 1 atom stereocenters. The summed E-state index contributed by atoms with van der Waals surface area (Å²) in [7, 11) is 0. The number of aryl methyl sites for hydroxylation is 1. The van der Waals surface area contributed by atoms with Crippen molar-refractivity contribution in [2.45, 2.75) is 32.7 Å². The molecule has 2 N–H and O–H groups in total. The van der Waals surface area contributed by atoms with E-state index in [9.17, 15) is 0 Å². The molecular weight excluding hydrogens is 206 g/mol. The molecule has 0 aliphatic heterocycles. The standard InChI is InChI=1S/C12H19NOS/c1-9-2-3-12-11(6-9)10(8-15-12)7-13-4-5-14/h8-9,13-14H,2-7H2,1H3. The molecule has 1 heterocycles. The van der Waals surface area contributed by atoms with Crippen LogP contribution in [-0.2, 0) is 19.4 Å². The SMILES string of the molecule is CC1CCc2scc(CNCCO)c2C1. The first-order chi connectivity index (χ1) is 7.31. The fourth-order valence-electron chi connectivity index (χ4n) is 2.20. The van der Waals surface area contributed by atoms with Crippen molar-refractivity contribution < 1.29 is 5.11 Å². The van der Waals surface area contributed by atoms with Crippen LogP contribution in [0.3, 0.4) is 0 Å². The van der Waals surface area contributed by atoms with Crippen LogP contribution in [0.15, 0.2) is 5.38 Å². The van der Waals surface area contributed by atoms with E-state index in [2.05, 4.69) is 17.6 Å². The summed E-state index contributed by atoms with van der Waals surface area (Å²) in [6, 6.07) is 0. The number of hydrogen-bond donors (Lipinski definition) is 2. The van der Waals surface area contributed by atoms with Crippen molar-refractivity contribution in [3.63, 3.8) is 0 Å². The van der Waals surface area contributed by atoms with Crippen LogP contribution >= 0.6 is 11.3 Å². The summed E-state index contributed by atoms with van der Waals surface area (Å²) in [5.41, 5.74) is 3.04. The Bertz CT molecular complexity index is 321. The molecule has 0 saturated carbocycles. The Morgan fingerprint density at radius 2 is 2.47 bits per heavy atom. The van der Waals surface area contributed by atoms with E-state index < -0.39 is 0 Å². The highest BCUT2D eigenvalue weighted by Crippen LogP contribution is 2.32. The normalized spacial score (nSPS) is 20.3. The Balaban J connectivity index is 2.02. The van der Waals surface area contributed by atoms with Crippen LogP contribution in [0.4, 0.5) is 0 Å². The maximum atomic E-state index is 8.72. The van der Waals surface area contributed by atoms with E-state index in [1.165, 1.54) is 24.8 Å². The number of fused-ring (bicyclic) bond motifs is 1. The van der Waals surface area contributed by atoms with Crippen LogP contribution in [-0.4, -0.2) is 18.3 Å². The van der Waals surface area contributed by atoms with E-state index in [-0.39, 0.29) is 6.61 Å². The van der Waals surface area contributed by atoms with Gasteiger partial charge >= 0.3 is 0 Å². The number of hydrogen-bond acceptors (Lipinski definition) is 3. The van der Waals surface area contributed by atoms with Crippen molar-refractivity contribution in [2.75, 3.05) is 13.2 Å². The Hall–Kier alpha value is -0.380. The van der Waals surface area contributed by atoms with Gasteiger partial charge < -0.3 is 10.4 Å². The van der Waals surface area contributed by atoms with E-state index in [4.69, 9.17) is 5.11 Å². The fourth-order valence-corrected chi connectivity index (χ4v) is 3.30. The molecule has 1 unspecified atom stereocenters. The third-order valence-corrected chi connectivity index (χ3v) is 4.23. The van der Waals surface area contributed by atoms with Gasteiger partial charge in [-0.25, -0.2) is 0 Å². The first kappa shape index (κ1) is 11.1. The average Bonchev–Trinajstić information content (AvgIpc) is 2.62. The van der Waals surface area contributed by atoms with Gasteiger partial charge in [0, 0.05) is 18.0 Å². The molecule has 1 aromatic heterocycles. The van der Waals surface area contributed by atoms with Crippen molar-refractivity contribution in [3.05, 3.63) is 21.4 Å². The summed E-state index contributed by atoms with van der Waals surface area (Å²) >= 11 is 1.91. The van der Waals surface area contributed by atoms with Crippen LogP contribution < -0.4 is 5.32 Å². The van der Waals surface area contributed by atoms with Gasteiger partial charge in [-0.15, -0.1) is 11.3 Å². The van der Waals surface area contributed by atoms with Gasteiger partial charge in [-0.2, -0.15) is 0 Å². The molecular formula is C12H19NOS. The summed E-state index contributed by atoms with van der Waals surface area (Å²) in [5.74, 6) is 0.837. The lowest BCUT2D eigenvalue weighted by Crippen LogP contribution is -2.19. The molecule has 0 aromatic carbocycles. The Morgan fingerprint density at radius 3 is 3.27 bits per heavy atom. The van der Waals surface area contributed by atoms with Gasteiger partial charge in [-0.3, -0.25) is 0 Å². The number of aliphatic hydroxyl groups excluding tert-OH is 1. The third-order valence-electron chi connectivity index (χ3n) is 3.09. The van der Waals surface area contributed by atoms with Crippen molar-refractivity contribution >= 4 is 11.3 Å². The van der Waals surface area contributed by atoms with Gasteiger partial charge in [-0.05, 0) is 41.7 Å². The largest absolute Gasteiger partial charge is 0.395 e. The molecule has 0 saturated heterocycles. The molecule has 0 amide bonds. The van der Waals surface area contributed by atoms with Crippen LogP contribution in [0, 0.1) is 5.92 Å². The van der Waals surface area contributed by atoms with Gasteiger partial charge in [0.05, 0.1) is 6.61 Å². The lowest BCUT2D eigenvalue weighted by molar-refractivity contribution is 0.292. The van der Waals surface area contributed by atoms with Crippen LogP contribution in [0.1, 0.15) is 29.3 Å². The number of thiophene rings is 1. The van der Waals surface area contributed by atoms with Crippen molar-refractivity contribution in [2.24, 2.45) is 5.92 Å². The highest BCUT2D eigenvalue weighted by Gasteiger charge is 2.19. The highest BCUT2D eigenvalue weighted by molar-refractivity contribution is 7.10. The number of aliphatic hydroxyl groups is 1. The van der Waals surface area contributed by atoms with E-state index in [1.807, 2.05) is 11.3 Å². The minimum Gasteiger partial charge on any atom is -0.395 e. The highest BCUT2D eigenvalue weighted by atomic mass is 32.1. The summed E-state index contributed by atoms with van der Waals surface area (Å²) in [6.45, 7) is 4.17. The number of rotatable bonds is 4.